The summed E-state index contributed by atoms with van der Waals surface area (Å²) in [6, 6.07) is 19.1. The Morgan fingerprint density at radius 1 is 0.947 bits per heavy atom. The molecule has 19 heavy (non-hydrogen) atoms. The number of Topliss-reactive ketones (excluding diaryl/α,β-unsaturated/α-hetero) is 1. The van der Waals surface area contributed by atoms with Gasteiger partial charge in [-0.25, -0.2) is 0 Å². The van der Waals surface area contributed by atoms with Gasteiger partial charge >= 0.3 is 0 Å². The summed E-state index contributed by atoms with van der Waals surface area (Å²) in [4.78, 5) is 11.9. The van der Waals surface area contributed by atoms with Crippen molar-refractivity contribution in [2.75, 3.05) is 0 Å². The van der Waals surface area contributed by atoms with E-state index in [0.29, 0.717) is 12.0 Å². The fourth-order valence-corrected chi connectivity index (χ4v) is 2.07. The lowest BCUT2D eigenvalue weighted by Crippen LogP contribution is -2.20. The Bertz CT molecular complexity index is 505. The molecule has 0 radical (unpaired) electrons. The van der Waals surface area contributed by atoms with Crippen LogP contribution in [0.15, 0.2) is 60.7 Å². The molecule has 98 valence electrons. The van der Waals surface area contributed by atoms with Gasteiger partial charge in [-0.1, -0.05) is 60.7 Å². The van der Waals surface area contributed by atoms with E-state index in [1.165, 1.54) is 5.56 Å². The first-order valence-electron chi connectivity index (χ1n) is 6.58. The lowest BCUT2D eigenvalue weighted by molar-refractivity contribution is 0.0727. The molecule has 0 heterocycles. The van der Waals surface area contributed by atoms with Crippen LogP contribution in [0.5, 0.6) is 0 Å². The summed E-state index contributed by atoms with van der Waals surface area (Å²) in [6.45, 7) is 0. The van der Waals surface area contributed by atoms with Gasteiger partial charge in [-0.15, -0.1) is 0 Å². The van der Waals surface area contributed by atoms with E-state index in [1.54, 1.807) is 12.1 Å². The van der Waals surface area contributed by atoms with E-state index >= 15 is 0 Å². The molecule has 0 aliphatic rings. The Hall–Kier alpha value is -1.93. The summed E-state index contributed by atoms with van der Waals surface area (Å²) in [6.07, 6.45) is 1.30. The molecule has 0 bridgehead atoms. The number of rotatable bonds is 6. The summed E-state index contributed by atoms with van der Waals surface area (Å²) in [7, 11) is 0. The second-order valence-corrected chi connectivity index (χ2v) is 4.62. The summed E-state index contributed by atoms with van der Waals surface area (Å²) in [5, 5.41) is 9.90. The third kappa shape index (κ3) is 4.04. The number of aliphatic hydroxyl groups is 1. The summed E-state index contributed by atoms with van der Waals surface area (Å²) in [5.41, 5.74) is 1.82. The van der Waals surface area contributed by atoms with E-state index < -0.39 is 6.10 Å². The van der Waals surface area contributed by atoms with Crippen molar-refractivity contribution < 1.29 is 9.90 Å². The second-order valence-electron chi connectivity index (χ2n) is 4.62. The van der Waals surface area contributed by atoms with Gasteiger partial charge in [-0.2, -0.15) is 0 Å². The van der Waals surface area contributed by atoms with Crippen molar-refractivity contribution >= 4 is 5.78 Å². The minimum absolute atomic E-state index is 0.186. The van der Waals surface area contributed by atoms with Gasteiger partial charge in [-0.3, -0.25) is 4.79 Å². The van der Waals surface area contributed by atoms with Crippen molar-refractivity contribution in [3.63, 3.8) is 0 Å². The molecule has 0 spiro atoms. The normalized spacial score (nSPS) is 12.1. The predicted octanol–water partition coefficient (Wildman–Crippen LogP) is 3.25. The molecule has 0 fully saturated rings. The summed E-state index contributed by atoms with van der Waals surface area (Å²) >= 11 is 0. The molecule has 0 saturated carbocycles. The lowest BCUT2D eigenvalue weighted by Gasteiger charge is -2.09. The number of hydrogen-bond donors (Lipinski definition) is 1. The van der Waals surface area contributed by atoms with Gasteiger partial charge in [0.25, 0.3) is 0 Å². The van der Waals surface area contributed by atoms with E-state index in [0.717, 1.165) is 12.8 Å². The van der Waals surface area contributed by atoms with E-state index in [1.807, 2.05) is 36.4 Å². The number of carbonyl (C=O) groups excluding carboxylic acids is 1. The van der Waals surface area contributed by atoms with E-state index in [2.05, 4.69) is 12.1 Å². The molecule has 2 rings (SSSR count). The van der Waals surface area contributed by atoms with Crippen LogP contribution in [0.4, 0.5) is 0 Å². The minimum atomic E-state index is -0.897. The number of benzene rings is 2. The molecule has 1 unspecified atom stereocenters. The number of ketones is 1. The molecule has 1 atom stereocenters. The first-order valence-corrected chi connectivity index (χ1v) is 6.58. The topological polar surface area (TPSA) is 37.3 Å². The van der Waals surface area contributed by atoms with E-state index in [4.69, 9.17) is 0 Å². The highest BCUT2D eigenvalue weighted by Crippen LogP contribution is 2.10. The first kappa shape index (κ1) is 13.5. The molecule has 0 amide bonds. The van der Waals surface area contributed by atoms with Crippen LogP contribution >= 0.6 is 0 Å². The third-order valence-corrected chi connectivity index (χ3v) is 3.15. The number of hydrogen-bond acceptors (Lipinski definition) is 2. The molecule has 0 aliphatic carbocycles. The SMILES string of the molecule is O=C(c1ccccc1)C(O)CCCc1ccccc1. The lowest BCUT2D eigenvalue weighted by atomic mass is 10.0. The highest BCUT2D eigenvalue weighted by Gasteiger charge is 2.16. The van der Waals surface area contributed by atoms with Crippen LogP contribution in [-0.4, -0.2) is 17.0 Å². The molecule has 2 aromatic carbocycles. The summed E-state index contributed by atoms with van der Waals surface area (Å²) < 4.78 is 0. The molecular weight excluding hydrogens is 236 g/mol. The third-order valence-electron chi connectivity index (χ3n) is 3.15. The van der Waals surface area contributed by atoms with Crippen molar-refractivity contribution in [1.82, 2.24) is 0 Å². The zero-order valence-corrected chi connectivity index (χ0v) is 10.8. The van der Waals surface area contributed by atoms with Gasteiger partial charge in [0.15, 0.2) is 5.78 Å². The average molecular weight is 254 g/mol. The molecule has 0 saturated heterocycles. The van der Waals surface area contributed by atoms with Gasteiger partial charge < -0.3 is 5.11 Å². The van der Waals surface area contributed by atoms with E-state index in [-0.39, 0.29) is 5.78 Å². The minimum Gasteiger partial charge on any atom is -0.385 e. The van der Waals surface area contributed by atoms with Gasteiger partial charge in [0, 0.05) is 5.56 Å². The zero-order chi connectivity index (χ0) is 13.5. The maximum Gasteiger partial charge on any atom is 0.191 e. The molecular formula is C17H18O2. The number of carbonyl (C=O) groups is 1. The first-order chi connectivity index (χ1) is 9.27. The monoisotopic (exact) mass is 254 g/mol. The van der Waals surface area contributed by atoms with Crippen molar-refractivity contribution in [1.29, 1.82) is 0 Å². The average Bonchev–Trinajstić information content (AvgIpc) is 2.48. The Kier molecular flexibility index (Phi) is 4.87. The van der Waals surface area contributed by atoms with Crippen LogP contribution in [0.3, 0.4) is 0 Å². The standard InChI is InChI=1S/C17H18O2/c18-16(17(19)15-11-5-2-6-12-15)13-7-10-14-8-3-1-4-9-14/h1-6,8-9,11-12,16,18H,7,10,13H2. The van der Waals surface area contributed by atoms with Crippen molar-refractivity contribution in [2.24, 2.45) is 0 Å². The van der Waals surface area contributed by atoms with Crippen LogP contribution in [0.2, 0.25) is 0 Å². The van der Waals surface area contributed by atoms with E-state index in [9.17, 15) is 9.90 Å². The zero-order valence-electron chi connectivity index (χ0n) is 10.8. The van der Waals surface area contributed by atoms with Gasteiger partial charge in [-0.05, 0) is 24.8 Å². The van der Waals surface area contributed by atoms with Gasteiger partial charge in [0.2, 0.25) is 0 Å². The van der Waals surface area contributed by atoms with Gasteiger partial charge in [0.05, 0.1) is 0 Å². The van der Waals surface area contributed by atoms with Gasteiger partial charge in [0.1, 0.15) is 6.10 Å². The maximum atomic E-state index is 11.9. The molecule has 2 nitrogen and oxygen atoms in total. The second kappa shape index (κ2) is 6.86. The van der Waals surface area contributed by atoms with Crippen LogP contribution in [0.25, 0.3) is 0 Å². The van der Waals surface area contributed by atoms with Crippen molar-refractivity contribution in [3.8, 4) is 0 Å². The quantitative estimate of drug-likeness (QED) is 0.803. The maximum absolute atomic E-state index is 11.9. The molecule has 2 aromatic rings. The molecule has 0 aliphatic heterocycles. The Balaban J connectivity index is 1.82. The van der Waals surface area contributed by atoms with Crippen molar-refractivity contribution in [3.05, 3.63) is 71.8 Å². The Morgan fingerprint density at radius 2 is 1.53 bits per heavy atom. The van der Waals surface area contributed by atoms with Crippen LogP contribution in [0, 0.1) is 0 Å². The van der Waals surface area contributed by atoms with Crippen LogP contribution in [-0.2, 0) is 6.42 Å². The molecule has 0 aromatic heterocycles. The molecule has 1 N–H and O–H groups in total. The van der Waals surface area contributed by atoms with Crippen LogP contribution in [0.1, 0.15) is 28.8 Å². The smallest absolute Gasteiger partial charge is 0.191 e. The summed E-state index contributed by atoms with van der Waals surface area (Å²) in [5.74, 6) is -0.186. The number of aryl methyl sites for hydroxylation is 1. The fourth-order valence-electron chi connectivity index (χ4n) is 2.07. The fraction of sp³-hybridized carbons (Fsp3) is 0.235. The Morgan fingerprint density at radius 3 is 2.16 bits per heavy atom. The van der Waals surface area contributed by atoms with Crippen LogP contribution < -0.4 is 0 Å². The highest BCUT2D eigenvalue weighted by atomic mass is 16.3. The van der Waals surface area contributed by atoms with Crippen molar-refractivity contribution in [2.45, 2.75) is 25.4 Å². The number of aliphatic hydroxyl groups excluding tert-OH is 1. The largest absolute Gasteiger partial charge is 0.385 e. The predicted molar refractivity (Wildman–Crippen MR) is 76.2 cm³/mol. The Labute approximate surface area is 113 Å². The molecule has 2 heteroatoms. The highest BCUT2D eigenvalue weighted by molar-refractivity contribution is 5.99.